The van der Waals surface area contributed by atoms with Gasteiger partial charge in [-0.1, -0.05) is 0 Å². The highest BCUT2D eigenvalue weighted by molar-refractivity contribution is 6.39. The van der Waals surface area contributed by atoms with E-state index in [0.717, 1.165) is 19.5 Å². The smallest absolute Gasteiger partial charge is 0.316 e. The number of carbonyl (C=O) groups is 2. The van der Waals surface area contributed by atoms with Crippen LogP contribution in [0.15, 0.2) is 12.4 Å². The van der Waals surface area contributed by atoms with Gasteiger partial charge in [-0.05, 0) is 13.0 Å². The Labute approximate surface area is 98.6 Å². The van der Waals surface area contributed by atoms with Crippen LogP contribution in [0, 0.1) is 0 Å². The van der Waals surface area contributed by atoms with E-state index < -0.39 is 11.8 Å². The number of carbonyl (C=O) groups excluding carboxylic acids is 2. The minimum absolute atomic E-state index is 0.288. The molecule has 0 bridgehead atoms. The standard InChI is InChI=1S/C10H15N5O2/c16-8(14-10-12-3-4-13-10)9(17)15-6-1-2-11-5-7-15/h3-4,11H,1-2,5-7H2,(H2,12,13,14,16). The molecule has 92 valence electrons. The van der Waals surface area contributed by atoms with Crippen molar-refractivity contribution in [1.29, 1.82) is 0 Å². The fourth-order valence-electron chi connectivity index (χ4n) is 1.69. The van der Waals surface area contributed by atoms with Crippen LogP contribution >= 0.6 is 0 Å². The zero-order valence-corrected chi connectivity index (χ0v) is 9.40. The van der Waals surface area contributed by atoms with E-state index in [1.807, 2.05) is 0 Å². The molecule has 0 aromatic carbocycles. The van der Waals surface area contributed by atoms with Gasteiger partial charge < -0.3 is 15.2 Å². The molecule has 2 heterocycles. The summed E-state index contributed by atoms with van der Waals surface area (Å²) in [5.41, 5.74) is 0. The second-order valence-electron chi connectivity index (χ2n) is 3.79. The van der Waals surface area contributed by atoms with E-state index in [1.165, 1.54) is 6.20 Å². The first-order chi connectivity index (χ1) is 8.27. The molecule has 0 saturated carbocycles. The second kappa shape index (κ2) is 5.44. The van der Waals surface area contributed by atoms with E-state index >= 15 is 0 Å². The van der Waals surface area contributed by atoms with Crippen molar-refractivity contribution in [2.45, 2.75) is 6.42 Å². The molecule has 0 spiro atoms. The van der Waals surface area contributed by atoms with Gasteiger partial charge in [0.2, 0.25) is 5.95 Å². The van der Waals surface area contributed by atoms with Crippen LogP contribution in [-0.2, 0) is 9.59 Å². The summed E-state index contributed by atoms with van der Waals surface area (Å²) < 4.78 is 0. The molecule has 3 N–H and O–H groups in total. The normalized spacial score (nSPS) is 16.4. The maximum Gasteiger partial charge on any atom is 0.316 e. The molecule has 1 aromatic rings. The predicted molar refractivity (Wildman–Crippen MR) is 61.3 cm³/mol. The zero-order valence-electron chi connectivity index (χ0n) is 9.40. The number of hydrogen-bond donors (Lipinski definition) is 3. The van der Waals surface area contributed by atoms with Gasteiger partial charge in [0.05, 0.1) is 0 Å². The van der Waals surface area contributed by atoms with E-state index in [-0.39, 0.29) is 5.95 Å². The molecule has 1 fully saturated rings. The van der Waals surface area contributed by atoms with Gasteiger partial charge in [-0.25, -0.2) is 4.98 Å². The van der Waals surface area contributed by atoms with Crippen molar-refractivity contribution in [3.05, 3.63) is 12.4 Å². The number of nitrogens with one attached hydrogen (secondary N) is 3. The minimum atomic E-state index is -0.651. The Morgan fingerprint density at radius 3 is 3.00 bits per heavy atom. The first kappa shape index (κ1) is 11.6. The monoisotopic (exact) mass is 237 g/mol. The molecule has 1 aliphatic rings. The number of imidazole rings is 1. The van der Waals surface area contributed by atoms with Crippen LogP contribution < -0.4 is 10.6 Å². The highest BCUT2D eigenvalue weighted by atomic mass is 16.2. The molecule has 1 aliphatic heterocycles. The molecule has 0 unspecified atom stereocenters. The summed E-state index contributed by atoms with van der Waals surface area (Å²) in [4.78, 5) is 31.6. The van der Waals surface area contributed by atoms with Crippen molar-refractivity contribution >= 4 is 17.8 Å². The van der Waals surface area contributed by atoms with Gasteiger partial charge in [0.25, 0.3) is 0 Å². The lowest BCUT2D eigenvalue weighted by molar-refractivity contribution is -0.143. The van der Waals surface area contributed by atoms with E-state index in [1.54, 1.807) is 11.1 Å². The van der Waals surface area contributed by atoms with Crippen molar-refractivity contribution < 1.29 is 9.59 Å². The van der Waals surface area contributed by atoms with Crippen LogP contribution in [0.5, 0.6) is 0 Å². The Bertz CT molecular complexity index is 381. The van der Waals surface area contributed by atoms with Crippen LogP contribution in [0.2, 0.25) is 0 Å². The summed E-state index contributed by atoms with van der Waals surface area (Å²) in [5.74, 6) is -0.872. The fourth-order valence-corrected chi connectivity index (χ4v) is 1.69. The number of amides is 2. The molecule has 7 nitrogen and oxygen atoms in total. The van der Waals surface area contributed by atoms with Crippen molar-refractivity contribution in [2.24, 2.45) is 0 Å². The highest BCUT2D eigenvalue weighted by Crippen LogP contribution is 2.00. The molecule has 1 aromatic heterocycles. The fraction of sp³-hybridized carbons (Fsp3) is 0.500. The molecule has 0 radical (unpaired) electrons. The molecule has 0 aliphatic carbocycles. The average molecular weight is 237 g/mol. The molecule has 0 atom stereocenters. The summed E-state index contributed by atoms with van der Waals surface area (Å²) in [5, 5.41) is 5.59. The maximum absolute atomic E-state index is 11.8. The SMILES string of the molecule is O=C(Nc1ncc[nH]1)C(=O)N1CCCNCC1. The number of aromatic nitrogens is 2. The van der Waals surface area contributed by atoms with Gasteiger partial charge in [0.1, 0.15) is 0 Å². The van der Waals surface area contributed by atoms with E-state index in [9.17, 15) is 9.59 Å². The van der Waals surface area contributed by atoms with Gasteiger partial charge in [-0.15, -0.1) is 0 Å². The Kier molecular flexibility index (Phi) is 3.71. The number of aromatic amines is 1. The predicted octanol–water partition coefficient (Wildman–Crippen LogP) is -0.830. The lowest BCUT2D eigenvalue weighted by Crippen LogP contribution is -2.41. The molecule has 7 heteroatoms. The van der Waals surface area contributed by atoms with Crippen molar-refractivity contribution in [1.82, 2.24) is 20.2 Å². The molecule has 2 rings (SSSR count). The molecule has 1 saturated heterocycles. The summed E-state index contributed by atoms with van der Waals surface area (Å²) in [7, 11) is 0. The Morgan fingerprint density at radius 1 is 1.35 bits per heavy atom. The van der Waals surface area contributed by atoms with Gasteiger partial charge in [-0.2, -0.15) is 0 Å². The third-order valence-corrected chi connectivity index (χ3v) is 2.55. The van der Waals surface area contributed by atoms with E-state index in [0.29, 0.717) is 13.1 Å². The Balaban J connectivity index is 1.91. The molecular weight excluding hydrogens is 222 g/mol. The first-order valence-electron chi connectivity index (χ1n) is 5.58. The molecular formula is C10H15N5O2. The van der Waals surface area contributed by atoms with E-state index in [2.05, 4.69) is 20.6 Å². The molecule has 2 amide bonds. The van der Waals surface area contributed by atoms with Crippen molar-refractivity contribution in [2.75, 3.05) is 31.5 Å². The topological polar surface area (TPSA) is 90.1 Å². The first-order valence-corrected chi connectivity index (χ1v) is 5.58. The Morgan fingerprint density at radius 2 is 2.24 bits per heavy atom. The van der Waals surface area contributed by atoms with Crippen LogP contribution in [-0.4, -0.2) is 52.9 Å². The summed E-state index contributed by atoms with van der Waals surface area (Å²) in [6.45, 7) is 2.77. The van der Waals surface area contributed by atoms with Gasteiger partial charge in [0, 0.05) is 32.0 Å². The zero-order chi connectivity index (χ0) is 12.1. The number of nitrogens with zero attached hydrogens (tertiary/aromatic N) is 2. The number of H-pyrrole nitrogens is 1. The van der Waals surface area contributed by atoms with Crippen molar-refractivity contribution in [3.8, 4) is 0 Å². The number of rotatable bonds is 1. The molecule has 17 heavy (non-hydrogen) atoms. The Hall–Kier alpha value is -1.89. The third kappa shape index (κ3) is 3.04. The number of anilines is 1. The van der Waals surface area contributed by atoms with Crippen LogP contribution in [0.1, 0.15) is 6.42 Å². The van der Waals surface area contributed by atoms with Gasteiger partial charge >= 0.3 is 11.8 Å². The maximum atomic E-state index is 11.8. The summed E-state index contributed by atoms with van der Waals surface area (Å²) in [6, 6.07) is 0. The van der Waals surface area contributed by atoms with E-state index in [4.69, 9.17) is 0 Å². The lowest BCUT2D eigenvalue weighted by atomic mass is 10.3. The lowest BCUT2D eigenvalue weighted by Gasteiger charge is -2.18. The highest BCUT2D eigenvalue weighted by Gasteiger charge is 2.22. The minimum Gasteiger partial charge on any atom is -0.333 e. The van der Waals surface area contributed by atoms with Gasteiger partial charge in [-0.3, -0.25) is 14.9 Å². The van der Waals surface area contributed by atoms with Crippen molar-refractivity contribution in [3.63, 3.8) is 0 Å². The average Bonchev–Trinajstić information content (AvgIpc) is 2.68. The summed E-state index contributed by atoms with van der Waals surface area (Å²) >= 11 is 0. The van der Waals surface area contributed by atoms with Crippen LogP contribution in [0.3, 0.4) is 0 Å². The second-order valence-corrected chi connectivity index (χ2v) is 3.79. The number of hydrogen-bond acceptors (Lipinski definition) is 4. The van der Waals surface area contributed by atoms with Crippen LogP contribution in [0.25, 0.3) is 0 Å². The quantitative estimate of drug-likeness (QED) is 0.556. The van der Waals surface area contributed by atoms with Gasteiger partial charge in [0.15, 0.2) is 0 Å². The van der Waals surface area contributed by atoms with Crippen LogP contribution in [0.4, 0.5) is 5.95 Å². The largest absolute Gasteiger partial charge is 0.333 e. The third-order valence-electron chi connectivity index (χ3n) is 2.55. The summed E-state index contributed by atoms with van der Waals surface area (Å²) in [6.07, 6.45) is 3.95.